The van der Waals surface area contributed by atoms with Gasteiger partial charge in [0.1, 0.15) is 5.69 Å². The summed E-state index contributed by atoms with van der Waals surface area (Å²) in [6.07, 6.45) is 6.79. The molecule has 2 aromatic rings. The number of amides is 1. The molecule has 112 valence electrons. The van der Waals surface area contributed by atoms with Gasteiger partial charge in [-0.1, -0.05) is 0 Å². The van der Waals surface area contributed by atoms with Crippen molar-refractivity contribution in [1.82, 2.24) is 19.9 Å². The first-order chi connectivity index (χ1) is 10.7. The summed E-state index contributed by atoms with van der Waals surface area (Å²) in [5.41, 5.74) is 2.04. The largest absolute Gasteiger partial charge is 0.334 e. The smallest absolute Gasteiger partial charge is 0.273 e. The van der Waals surface area contributed by atoms with Crippen molar-refractivity contribution >= 4 is 5.91 Å². The van der Waals surface area contributed by atoms with Crippen LogP contribution in [0.4, 0.5) is 0 Å². The molecule has 2 aliphatic heterocycles. The van der Waals surface area contributed by atoms with Crippen LogP contribution in [0.3, 0.4) is 0 Å². The molecule has 0 unspecified atom stereocenters. The lowest BCUT2D eigenvalue weighted by Crippen LogP contribution is -2.54. The van der Waals surface area contributed by atoms with Crippen molar-refractivity contribution in [3.8, 4) is 11.4 Å². The Hall–Kier alpha value is -2.30. The minimum atomic E-state index is 0.0225. The van der Waals surface area contributed by atoms with Gasteiger partial charge in [0, 0.05) is 30.7 Å². The van der Waals surface area contributed by atoms with Crippen LogP contribution < -0.4 is 0 Å². The zero-order valence-electron chi connectivity index (χ0n) is 12.6. The fourth-order valence-corrected chi connectivity index (χ4v) is 3.44. The summed E-state index contributed by atoms with van der Waals surface area (Å²) in [7, 11) is 0. The number of rotatable bonds is 2. The SMILES string of the molecule is Cc1ccc(-c2ncccn2)c(C(=O)N2CCC3CC2C3)n1. The van der Waals surface area contributed by atoms with Gasteiger partial charge < -0.3 is 4.90 Å². The van der Waals surface area contributed by atoms with Gasteiger partial charge in [-0.2, -0.15) is 0 Å². The van der Waals surface area contributed by atoms with E-state index in [1.54, 1.807) is 18.5 Å². The van der Waals surface area contributed by atoms with E-state index in [2.05, 4.69) is 15.0 Å². The summed E-state index contributed by atoms with van der Waals surface area (Å²) >= 11 is 0. The van der Waals surface area contributed by atoms with Crippen LogP contribution in [0, 0.1) is 12.8 Å². The third kappa shape index (κ3) is 2.17. The monoisotopic (exact) mass is 294 g/mol. The van der Waals surface area contributed by atoms with Gasteiger partial charge in [-0.05, 0) is 50.3 Å². The van der Waals surface area contributed by atoms with E-state index < -0.39 is 0 Å². The molecule has 3 aliphatic rings. The van der Waals surface area contributed by atoms with E-state index in [9.17, 15) is 4.79 Å². The summed E-state index contributed by atoms with van der Waals surface area (Å²) < 4.78 is 0. The van der Waals surface area contributed by atoms with Crippen LogP contribution in [0.15, 0.2) is 30.6 Å². The van der Waals surface area contributed by atoms with E-state index in [1.165, 1.54) is 0 Å². The molecule has 5 heteroatoms. The van der Waals surface area contributed by atoms with Crippen LogP contribution >= 0.6 is 0 Å². The van der Waals surface area contributed by atoms with Crippen molar-refractivity contribution in [3.05, 3.63) is 42.0 Å². The quantitative estimate of drug-likeness (QED) is 0.853. The molecule has 3 fully saturated rings. The summed E-state index contributed by atoms with van der Waals surface area (Å²) in [6, 6.07) is 5.97. The Morgan fingerprint density at radius 3 is 2.68 bits per heavy atom. The average Bonchev–Trinajstić information content (AvgIpc) is 2.54. The lowest BCUT2D eigenvalue weighted by molar-refractivity contribution is 0.0144. The molecule has 1 saturated carbocycles. The Labute approximate surface area is 129 Å². The molecule has 5 rings (SSSR count). The van der Waals surface area contributed by atoms with E-state index in [1.807, 2.05) is 24.0 Å². The molecule has 2 aromatic heterocycles. The van der Waals surface area contributed by atoms with Crippen molar-refractivity contribution in [3.63, 3.8) is 0 Å². The van der Waals surface area contributed by atoms with Crippen LogP contribution in [0.1, 0.15) is 35.4 Å². The first-order valence-corrected chi connectivity index (χ1v) is 7.78. The first-order valence-electron chi connectivity index (χ1n) is 7.78. The second-order valence-corrected chi connectivity index (χ2v) is 6.20. The molecule has 2 bridgehead atoms. The molecule has 0 N–H and O–H groups in total. The lowest BCUT2D eigenvalue weighted by Gasteiger charge is -2.49. The third-order valence-corrected chi connectivity index (χ3v) is 4.73. The highest BCUT2D eigenvalue weighted by Gasteiger charge is 2.41. The predicted octanol–water partition coefficient (Wildman–Crippen LogP) is 2.47. The van der Waals surface area contributed by atoms with Crippen LogP contribution in [0.5, 0.6) is 0 Å². The number of pyridine rings is 1. The maximum atomic E-state index is 13.0. The molecule has 2 saturated heterocycles. The zero-order chi connectivity index (χ0) is 15.1. The number of aromatic nitrogens is 3. The molecule has 0 atom stereocenters. The summed E-state index contributed by atoms with van der Waals surface area (Å²) in [5.74, 6) is 1.41. The number of nitrogens with zero attached hydrogens (tertiary/aromatic N) is 4. The average molecular weight is 294 g/mol. The Morgan fingerprint density at radius 2 is 2.00 bits per heavy atom. The minimum Gasteiger partial charge on any atom is -0.334 e. The number of hydrogen-bond donors (Lipinski definition) is 0. The molecular formula is C17H18N4O. The van der Waals surface area contributed by atoms with Gasteiger partial charge >= 0.3 is 0 Å². The maximum Gasteiger partial charge on any atom is 0.273 e. The second kappa shape index (κ2) is 5.16. The number of piperidine rings is 2. The van der Waals surface area contributed by atoms with Gasteiger partial charge in [-0.15, -0.1) is 0 Å². The van der Waals surface area contributed by atoms with Gasteiger partial charge in [0.25, 0.3) is 5.91 Å². The molecule has 22 heavy (non-hydrogen) atoms. The molecule has 0 aromatic carbocycles. The van der Waals surface area contributed by atoms with Crippen LogP contribution in [-0.4, -0.2) is 38.3 Å². The summed E-state index contributed by atoms with van der Waals surface area (Å²) in [5, 5.41) is 0. The molecule has 0 spiro atoms. The van der Waals surface area contributed by atoms with E-state index in [4.69, 9.17) is 0 Å². The van der Waals surface area contributed by atoms with Crippen LogP contribution in [0.2, 0.25) is 0 Å². The Balaban J connectivity index is 1.74. The second-order valence-electron chi connectivity index (χ2n) is 6.20. The van der Waals surface area contributed by atoms with E-state index in [0.717, 1.165) is 43.0 Å². The number of aryl methyl sites for hydroxylation is 1. The van der Waals surface area contributed by atoms with E-state index in [0.29, 0.717) is 17.6 Å². The van der Waals surface area contributed by atoms with Gasteiger partial charge in [0.15, 0.2) is 5.82 Å². The maximum absolute atomic E-state index is 13.0. The highest BCUT2D eigenvalue weighted by molar-refractivity contribution is 5.98. The van der Waals surface area contributed by atoms with Gasteiger partial charge in [-0.25, -0.2) is 15.0 Å². The number of hydrogen-bond acceptors (Lipinski definition) is 4. The topological polar surface area (TPSA) is 59.0 Å². The van der Waals surface area contributed by atoms with Crippen LogP contribution in [0.25, 0.3) is 11.4 Å². The number of fused-ring (bicyclic) bond motifs is 2. The van der Waals surface area contributed by atoms with Crippen molar-refractivity contribution in [2.45, 2.75) is 32.2 Å². The highest BCUT2D eigenvalue weighted by atomic mass is 16.2. The Morgan fingerprint density at radius 1 is 1.23 bits per heavy atom. The molecule has 5 nitrogen and oxygen atoms in total. The number of carbonyl (C=O) groups excluding carboxylic acids is 1. The molecule has 1 amide bonds. The molecule has 0 radical (unpaired) electrons. The third-order valence-electron chi connectivity index (χ3n) is 4.73. The van der Waals surface area contributed by atoms with Gasteiger partial charge in [-0.3, -0.25) is 4.79 Å². The van der Waals surface area contributed by atoms with Crippen molar-refractivity contribution < 1.29 is 4.79 Å². The fraction of sp³-hybridized carbons (Fsp3) is 0.412. The van der Waals surface area contributed by atoms with Gasteiger partial charge in [0.2, 0.25) is 0 Å². The predicted molar refractivity (Wildman–Crippen MR) is 82.2 cm³/mol. The minimum absolute atomic E-state index is 0.0225. The highest BCUT2D eigenvalue weighted by Crippen LogP contribution is 2.40. The number of carbonyl (C=O) groups is 1. The van der Waals surface area contributed by atoms with Crippen molar-refractivity contribution in [2.75, 3.05) is 6.54 Å². The normalized spacial score (nSPS) is 23.0. The Kier molecular flexibility index (Phi) is 3.13. The molecule has 4 heterocycles. The van der Waals surface area contributed by atoms with Gasteiger partial charge in [0.05, 0.1) is 5.56 Å². The molecular weight excluding hydrogens is 276 g/mol. The van der Waals surface area contributed by atoms with Crippen LogP contribution in [-0.2, 0) is 0 Å². The standard InChI is InChI=1S/C17H18N4O/c1-11-3-4-14(16-18-6-2-7-19-16)15(20-11)17(22)21-8-5-12-9-13(21)10-12/h2-4,6-7,12-13H,5,8-10H2,1H3. The van der Waals surface area contributed by atoms with E-state index >= 15 is 0 Å². The van der Waals surface area contributed by atoms with Crippen molar-refractivity contribution in [1.29, 1.82) is 0 Å². The van der Waals surface area contributed by atoms with E-state index in [-0.39, 0.29) is 5.91 Å². The fourth-order valence-electron chi connectivity index (χ4n) is 3.44. The van der Waals surface area contributed by atoms with Crippen molar-refractivity contribution in [2.24, 2.45) is 5.92 Å². The zero-order valence-corrected chi connectivity index (χ0v) is 12.6. The summed E-state index contributed by atoms with van der Waals surface area (Å²) in [4.78, 5) is 28.0. The lowest BCUT2D eigenvalue weighted by atomic mass is 9.73. The Bertz CT molecular complexity index is 707. The molecule has 1 aliphatic carbocycles. The first kappa shape index (κ1) is 13.4. The summed E-state index contributed by atoms with van der Waals surface area (Å²) in [6.45, 7) is 2.75.